The largest absolute Gasteiger partial charge is 0.383 e. The number of rotatable bonds is 7. The first-order valence-electron chi connectivity index (χ1n) is 5.89. The van der Waals surface area contributed by atoms with E-state index in [0.717, 1.165) is 34.6 Å². The van der Waals surface area contributed by atoms with Gasteiger partial charge in [0.2, 0.25) is 0 Å². The van der Waals surface area contributed by atoms with Gasteiger partial charge >= 0.3 is 0 Å². The number of ether oxygens (including phenoxy) is 1. The van der Waals surface area contributed by atoms with Crippen LogP contribution in [0.1, 0.15) is 11.1 Å². The highest BCUT2D eigenvalue weighted by Gasteiger charge is 2.06. The van der Waals surface area contributed by atoms with Crippen molar-refractivity contribution in [2.24, 2.45) is 0 Å². The maximum Gasteiger partial charge on any atom is 0.176 e. The third-order valence-electron chi connectivity index (χ3n) is 2.42. The number of aryl methyl sites for hydroxylation is 1. The van der Waals surface area contributed by atoms with Gasteiger partial charge in [-0.1, -0.05) is 6.07 Å². The van der Waals surface area contributed by atoms with Crippen LogP contribution in [0.15, 0.2) is 28.0 Å². The minimum Gasteiger partial charge on any atom is -0.383 e. The monoisotopic (exact) mass is 296 g/mol. The van der Waals surface area contributed by atoms with Crippen LogP contribution >= 0.6 is 23.3 Å². The Morgan fingerprint density at radius 1 is 1.42 bits per heavy atom. The lowest BCUT2D eigenvalue weighted by atomic mass is 10.2. The second-order valence-electron chi connectivity index (χ2n) is 3.94. The molecule has 102 valence electrons. The summed E-state index contributed by atoms with van der Waals surface area (Å²) in [4.78, 5) is 8.63. The Morgan fingerprint density at radius 2 is 2.32 bits per heavy atom. The number of methoxy groups -OCH3 is 1. The number of hydrogen-bond acceptors (Lipinski definition) is 7. The first-order valence-corrected chi connectivity index (χ1v) is 7.48. The molecule has 0 radical (unpaired) electrons. The smallest absolute Gasteiger partial charge is 0.176 e. The summed E-state index contributed by atoms with van der Waals surface area (Å²) in [6.45, 7) is 4.43. The number of aromatic nitrogens is 3. The van der Waals surface area contributed by atoms with Crippen LogP contribution in [0, 0.1) is 6.92 Å². The van der Waals surface area contributed by atoms with Crippen LogP contribution in [0.5, 0.6) is 0 Å². The van der Waals surface area contributed by atoms with E-state index >= 15 is 0 Å². The molecule has 0 aromatic carbocycles. The first-order chi connectivity index (χ1) is 9.29. The summed E-state index contributed by atoms with van der Waals surface area (Å²) in [5.41, 5.74) is 2.33. The Morgan fingerprint density at radius 3 is 3.00 bits per heavy atom. The fourth-order valence-electron chi connectivity index (χ4n) is 1.52. The number of nitrogens with zero attached hydrogens (tertiary/aromatic N) is 3. The lowest BCUT2D eigenvalue weighted by Gasteiger charge is -2.07. The maximum atomic E-state index is 4.99. The molecule has 2 aromatic heterocycles. The van der Waals surface area contributed by atoms with Crippen LogP contribution < -0.4 is 5.32 Å². The molecule has 0 fully saturated rings. The van der Waals surface area contributed by atoms with E-state index in [1.165, 1.54) is 17.1 Å². The SMILES string of the molecule is COCCNCc1cnc(Sc2ncns2)c(C)c1. The zero-order chi connectivity index (χ0) is 13.5. The molecule has 19 heavy (non-hydrogen) atoms. The van der Waals surface area contributed by atoms with Gasteiger partial charge in [0.1, 0.15) is 11.4 Å². The molecule has 0 aliphatic heterocycles. The van der Waals surface area contributed by atoms with E-state index in [2.05, 4.69) is 32.6 Å². The molecule has 0 unspecified atom stereocenters. The number of hydrogen-bond donors (Lipinski definition) is 1. The molecule has 0 saturated carbocycles. The van der Waals surface area contributed by atoms with E-state index in [9.17, 15) is 0 Å². The molecule has 0 atom stereocenters. The van der Waals surface area contributed by atoms with Crippen molar-refractivity contribution >= 4 is 23.3 Å². The van der Waals surface area contributed by atoms with E-state index in [-0.39, 0.29) is 0 Å². The van der Waals surface area contributed by atoms with Gasteiger partial charge in [0, 0.05) is 26.4 Å². The average molecular weight is 296 g/mol. The third kappa shape index (κ3) is 4.54. The minimum absolute atomic E-state index is 0.720. The second kappa shape index (κ2) is 7.54. The molecule has 5 nitrogen and oxygen atoms in total. The predicted octanol–water partition coefficient (Wildman–Crippen LogP) is 2.13. The van der Waals surface area contributed by atoms with E-state index in [1.54, 1.807) is 25.2 Å². The van der Waals surface area contributed by atoms with Gasteiger partial charge in [0.25, 0.3) is 0 Å². The van der Waals surface area contributed by atoms with E-state index < -0.39 is 0 Å². The van der Waals surface area contributed by atoms with Crippen molar-refractivity contribution in [3.05, 3.63) is 29.7 Å². The molecule has 0 spiro atoms. The summed E-state index contributed by atoms with van der Waals surface area (Å²) in [5, 5.41) is 4.29. The third-order valence-corrected chi connectivity index (χ3v) is 4.26. The lowest BCUT2D eigenvalue weighted by molar-refractivity contribution is 0.199. The van der Waals surface area contributed by atoms with E-state index in [4.69, 9.17) is 4.74 Å². The molecule has 2 heterocycles. The molecule has 0 bridgehead atoms. The molecular formula is C12H16N4OS2. The van der Waals surface area contributed by atoms with Crippen molar-refractivity contribution in [1.29, 1.82) is 0 Å². The van der Waals surface area contributed by atoms with Crippen LogP contribution in [0.4, 0.5) is 0 Å². The van der Waals surface area contributed by atoms with Crippen molar-refractivity contribution < 1.29 is 4.74 Å². The van der Waals surface area contributed by atoms with Gasteiger partial charge in [-0.05, 0) is 41.3 Å². The van der Waals surface area contributed by atoms with Crippen LogP contribution in [0.25, 0.3) is 0 Å². The quantitative estimate of drug-likeness (QED) is 0.790. The minimum atomic E-state index is 0.720. The topological polar surface area (TPSA) is 59.9 Å². The molecule has 0 aliphatic carbocycles. The van der Waals surface area contributed by atoms with E-state index in [1.807, 2.05) is 6.20 Å². The van der Waals surface area contributed by atoms with Crippen LogP contribution in [-0.2, 0) is 11.3 Å². The van der Waals surface area contributed by atoms with Crippen molar-refractivity contribution in [2.75, 3.05) is 20.3 Å². The Bertz CT molecular complexity index is 504. The zero-order valence-electron chi connectivity index (χ0n) is 10.9. The summed E-state index contributed by atoms with van der Waals surface area (Å²) in [7, 11) is 1.70. The van der Waals surface area contributed by atoms with Gasteiger partial charge in [-0.3, -0.25) is 0 Å². The highest BCUT2D eigenvalue weighted by molar-refractivity contribution is 8.00. The molecule has 2 rings (SSSR count). The number of pyridine rings is 1. The highest BCUT2D eigenvalue weighted by atomic mass is 32.2. The highest BCUT2D eigenvalue weighted by Crippen LogP contribution is 2.28. The second-order valence-corrected chi connectivity index (χ2v) is 5.96. The molecule has 0 saturated heterocycles. The van der Waals surface area contributed by atoms with Gasteiger partial charge in [-0.25, -0.2) is 9.97 Å². The van der Waals surface area contributed by atoms with Gasteiger partial charge in [0.05, 0.1) is 6.61 Å². The molecular weight excluding hydrogens is 280 g/mol. The lowest BCUT2D eigenvalue weighted by Crippen LogP contribution is -2.18. The summed E-state index contributed by atoms with van der Waals surface area (Å²) in [6, 6.07) is 2.15. The Balaban J connectivity index is 1.93. The summed E-state index contributed by atoms with van der Waals surface area (Å²) in [5.74, 6) is 0. The molecule has 1 N–H and O–H groups in total. The van der Waals surface area contributed by atoms with Gasteiger partial charge < -0.3 is 10.1 Å². The number of nitrogens with one attached hydrogen (secondary N) is 1. The van der Waals surface area contributed by atoms with Crippen molar-refractivity contribution in [3.8, 4) is 0 Å². The summed E-state index contributed by atoms with van der Waals surface area (Å²) < 4.78 is 9.89. The van der Waals surface area contributed by atoms with E-state index in [0.29, 0.717) is 0 Å². The fraction of sp³-hybridized carbons (Fsp3) is 0.417. The first kappa shape index (κ1) is 14.4. The normalized spacial score (nSPS) is 10.8. The standard InChI is InChI=1S/C12H16N4OS2/c1-9-5-10(6-13-3-4-17-2)7-14-11(9)18-12-15-8-16-19-12/h5,7-8,13H,3-4,6H2,1-2H3. The summed E-state index contributed by atoms with van der Waals surface area (Å²) in [6.07, 6.45) is 3.46. The predicted molar refractivity (Wildman–Crippen MR) is 76.6 cm³/mol. The van der Waals surface area contributed by atoms with Gasteiger partial charge in [-0.15, -0.1) is 0 Å². The van der Waals surface area contributed by atoms with Crippen molar-refractivity contribution in [3.63, 3.8) is 0 Å². The zero-order valence-corrected chi connectivity index (χ0v) is 12.6. The average Bonchev–Trinajstić information content (AvgIpc) is 2.91. The molecule has 2 aromatic rings. The van der Waals surface area contributed by atoms with Crippen molar-refractivity contribution in [2.45, 2.75) is 22.8 Å². The van der Waals surface area contributed by atoms with Crippen LogP contribution in [0.2, 0.25) is 0 Å². The fourth-order valence-corrected chi connectivity index (χ4v) is 2.91. The van der Waals surface area contributed by atoms with Crippen LogP contribution in [0.3, 0.4) is 0 Å². The molecule has 0 aliphatic rings. The van der Waals surface area contributed by atoms with Crippen molar-refractivity contribution in [1.82, 2.24) is 19.7 Å². The maximum absolute atomic E-state index is 4.99. The molecule has 7 heteroatoms. The Labute approximate surface area is 121 Å². The summed E-state index contributed by atoms with van der Waals surface area (Å²) >= 11 is 2.94. The Kier molecular flexibility index (Phi) is 5.71. The van der Waals surface area contributed by atoms with Gasteiger partial charge in [0.15, 0.2) is 4.34 Å². The molecule has 0 amide bonds. The van der Waals surface area contributed by atoms with Gasteiger partial charge in [-0.2, -0.15) is 4.37 Å². The Hall–Kier alpha value is -1.02. The van der Waals surface area contributed by atoms with Crippen LogP contribution in [-0.4, -0.2) is 34.6 Å².